The molecule has 0 fully saturated rings. The number of rotatable bonds is 4. The summed E-state index contributed by atoms with van der Waals surface area (Å²) < 4.78 is 7.09. The molecule has 18 heavy (non-hydrogen) atoms. The number of thioether (sulfide) groups is 1. The monoisotopic (exact) mass is 263 g/mol. The predicted molar refractivity (Wildman–Crippen MR) is 68.7 cm³/mol. The van der Waals surface area contributed by atoms with Crippen molar-refractivity contribution >= 4 is 17.5 Å². The minimum absolute atomic E-state index is 0.474. The third-order valence-electron chi connectivity index (χ3n) is 2.70. The van der Waals surface area contributed by atoms with Crippen molar-refractivity contribution in [2.24, 2.45) is 10.8 Å². The maximum atomic E-state index is 5.62. The maximum absolute atomic E-state index is 5.62. The third-order valence-corrected chi connectivity index (χ3v) is 3.69. The van der Waals surface area contributed by atoms with Crippen LogP contribution in [0.25, 0.3) is 0 Å². The van der Waals surface area contributed by atoms with Crippen LogP contribution in [0.1, 0.15) is 11.6 Å². The summed E-state index contributed by atoms with van der Waals surface area (Å²) in [4.78, 5) is 0. The van der Waals surface area contributed by atoms with Crippen LogP contribution in [-0.4, -0.2) is 32.9 Å². The van der Waals surface area contributed by atoms with E-state index >= 15 is 0 Å². The highest BCUT2D eigenvalue weighted by Gasteiger charge is 2.18. The van der Waals surface area contributed by atoms with Gasteiger partial charge >= 0.3 is 0 Å². The SMILES string of the molecule is NCC1=Nn2c(CCc3ccco3)nnc2SC1. The van der Waals surface area contributed by atoms with Crippen LogP contribution in [0.5, 0.6) is 0 Å². The van der Waals surface area contributed by atoms with Gasteiger partial charge in [0, 0.05) is 25.1 Å². The van der Waals surface area contributed by atoms with Gasteiger partial charge in [0.15, 0.2) is 5.82 Å². The Hall–Kier alpha value is -1.60. The smallest absolute Gasteiger partial charge is 0.212 e. The normalized spacial score (nSPS) is 14.4. The number of nitrogens with two attached hydrogens (primary N) is 1. The van der Waals surface area contributed by atoms with Crippen molar-refractivity contribution < 1.29 is 4.42 Å². The Bertz CT molecular complexity index is 560. The molecule has 0 bridgehead atoms. The summed E-state index contributed by atoms with van der Waals surface area (Å²) in [5.41, 5.74) is 6.58. The van der Waals surface area contributed by atoms with Gasteiger partial charge in [0.05, 0.1) is 12.0 Å². The highest BCUT2D eigenvalue weighted by atomic mass is 32.2. The van der Waals surface area contributed by atoms with E-state index in [9.17, 15) is 0 Å². The summed E-state index contributed by atoms with van der Waals surface area (Å²) in [6.45, 7) is 0.474. The quantitative estimate of drug-likeness (QED) is 0.887. The molecule has 6 nitrogen and oxygen atoms in total. The molecule has 2 aromatic rings. The second-order valence-electron chi connectivity index (χ2n) is 3.95. The van der Waals surface area contributed by atoms with Crippen molar-refractivity contribution in [3.8, 4) is 0 Å². The van der Waals surface area contributed by atoms with Crippen LogP contribution in [0.3, 0.4) is 0 Å². The second kappa shape index (κ2) is 4.95. The zero-order valence-electron chi connectivity index (χ0n) is 9.74. The van der Waals surface area contributed by atoms with Gasteiger partial charge in [0.25, 0.3) is 0 Å². The van der Waals surface area contributed by atoms with E-state index in [4.69, 9.17) is 10.2 Å². The molecule has 3 heterocycles. The molecule has 0 radical (unpaired) electrons. The molecule has 0 unspecified atom stereocenters. The van der Waals surface area contributed by atoms with Gasteiger partial charge < -0.3 is 10.2 Å². The van der Waals surface area contributed by atoms with Crippen molar-refractivity contribution in [1.29, 1.82) is 0 Å². The summed E-state index contributed by atoms with van der Waals surface area (Å²) in [6.07, 6.45) is 3.22. The first-order valence-corrected chi connectivity index (χ1v) is 6.71. The molecule has 0 amide bonds. The zero-order valence-corrected chi connectivity index (χ0v) is 10.6. The van der Waals surface area contributed by atoms with E-state index in [2.05, 4.69) is 15.3 Å². The van der Waals surface area contributed by atoms with Crippen molar-refractivity contribution in [3.05, 3.63) is 30.0 Å². The Balaban J connectivity index is 1.78. The zero-order chi connectivity index (χ0) is 12.4. The Morgan fingerprint density at radius 2 is 2.33 bits per heavy atom. The molecule has 0 atom stereocenters. The van der Waals surface area contributed by atoms with E-state index < -0.39 is 0 Å². The van der Waals surface area contributed by atoms with E-state index in [0.29, 0.717) is 6.54 Å². The molecule has 0 aromatic carbocycles. The number of hydrogen-bond acceptors (Lipinski definition) is 6. The number of aromatic nitrogens is 3. The largest absolute Gasteiger partial charge is 0.469 e. The second-order valence-corrected chi connectivity index (χ2v) is 4.89. The average molecular weight is 263 g/mol. The lowest BCUT2D eigenvalue weighted by molar-refractivity contribution is 0.504. The summed E-state index contributed by atoms with van der Waals surface area (Å²) in [6, 6.07) is 3.84. The Kier molecular flexibility index (Phi) is 3.16. The van der Waals surface area contributed by atoms with Crippen LogP contribution in [0.4, 0.5) is 0 Å². The molecular formula is C11H13N5OS. The van der Waals surface area contributed by atoms with Gasteiger partial charge in [0.2, 0.25) is 5.16 Å². The number of nitrogens with zero attached hydrogens (tertiary/aromatic N) is 4. The molecule has 0 saturated heterocycles. The summed E-state index contributed by atoms with van der Waals surface area (Å²) in [7, 11) is 0. The lowest BCUT2D eigenvalue weighted by atomic mass is 10.2. The minimum atomic E-state index is 0.474. The molecular weight excluding hydrogens is 250 g/mol. The Morgan fingerprint density at radius 1 is 1.39 bits per heavy atom. The Morgan fingerprint density at radius 3 is 3.11 bits per heavy atom. The Labute approximate surface area is 108 Å². The molecule has 0 spiro atoms. The molecule has 7 heteroatoms. The van der Waals surface area contributed by atoms with Gasteiger partial charge in [-0.15, -0.1) is 10.2 Å². The van der Waals surface area contributed by atoms with Crippen LogP contribution < -0.4 is 5.73 Å². The number of hydrogen-bond donors (Lipinski definition) is 1. The van der Waals surface area contributed by atoms with Crippen LogP contribution in [0.2, 0.25) is 0 Å². The van der Waals surface area contributed by atoms with Crippen LogP contribution in [0.15, 0.2) is 33.1 Å². The molecule has 0 aliphatic carbocycles. The lowest BCUT2D eigenvalue weighted by Crippen LogP contribution is -2.21. The predicted octanol–water partition coefficient (Wildman–Crippen LogP) is 0.925. The maximum Gasteiger partial charge on any atom is 0.212 e. The van der Waals surface area contributed by atoms with E-state index in [1.165, 1.54) is 0 Å². The highest BCUT2D eigenvalue weighted by molar-refractivity contribution is 7.99. The van der Waals surface area contributed by atoms with Crippen LogP contribution in [-0.2, 0) is 12.8 Å². The molecule has 1 aliphatic heterocycles. The molecule has 94 valence electrons. The average Bonchev–Trinajstić information content (AvgIpc) is 3.05. The van der Waals surface area contributed by atoms with Gasteiger partial charge in [-0.2, -0.15) is 9.78 Å². The highest BCUT2D eigenvalue weighted by Crippen LogP contribution is 2.22. The fourth-order valence-electron chi connectivity index (χ4n) is 1.75. The summed E-state index contributed by atoms with van der Waals surface area (Å²) >= 11 is 1.62. The molecule has 2 aromatic heterocycles. The van der Waals surface area contributed by atoms with Gasteiger partial charge in [-0.05, 0) is 12.1 Å². The minimum Gasteiger partial charge on any atom is -0.469 e. The third kappa shape index (κ3) is 2.19. The van der Waals surface area contributed by atoms with E-state index in [0.717, 1.165) is 41.0 Å². The first-order chi connectivity index (χ1) is 8.86. The van der Waals surface area contributed by atoms with Crippen LogP contribution >= 0.6 is 11.8 Å². The fraction of sp³-hybridized carbons (Fsp3) is 0.364. The van der Waals surface area contributed by atoms with Gasteiger partial charge in [-0.3, -0.25) is 0 Å². The van der Waals surface area contributed by atoms with Crippen molar-refractivity contribution in [2.75, 3.05) is 12.3 Å². The first kappa shape index (κ1) is 11.5. The van der Waals surface area contributed by atoms with Gasteiger partial charge in [0.1, 0.15) is 5.76 Å². The summed E-state index contributed by atoms with van der Waals surface area (Å²) in [5.74, 6) is 2.59. The lowest BCUT2D eigenvalue weighted by Gasteiger charge is -2.11. The van der Waals surface area contributed by atoms with E-state index in [1.54, 1.807) is 22.7 Å². The topological polar surface area (TPSA) is 82.2 Å². The van der Waals surface area contributed by atoms with Gasteiger partial charge in [-0.1, -0.05) is 11.8 Å². The molecule has 3 rings (SSSR count). The van der Waals surface area contributed by atoms with Crippen molar-refractivity contribution in [1.82, 2.24) is 14.9 Å². The number of furan rings is 1. The van der Waals surface area contributed by atoms with Crippen molar-refractivity contribution in [2.45, 2.75) is 18.0 Å². The van der Waals surface area contributed by atoms with E-state index in [1.807, 2.05) is 12.1 Å². The van der Waals surface area contributed by atoms with Crippen LogP contribution in [0, 0.1) is 0 Å². The number of aryl methyl sites for hydroxylation is 2. The van der Waals surface area contributed by atoms with Crippen molar-refractivity contribution in [3.63, 3.8) is 0 Å². The van der Waals surface area contributed by atoms with E-state index in [-0.39, 0.29) is 0 Å². The molecule has 2 N–H and O–H groups in total. The first-order valence-electron chi connectivity index (χ1n) is 5.73. The van der Waals surface area contributed by atoms with Gasteiger partial charge in [-0.25, -0.2) is 0 Å². The summed E-state index contributed by atoms with van der Waals surface area (Å²) in [5, 5.41) is 13.6. The standard InChI is InChI=1S/C11H13N5OS/c12-6-8-7-18-11-14-13-10(16(11)15-8)4-3-9-2-1-5-17-9/h1-2,5H,3-4,6-7,12H2. The fourth-order valence-corrected chi connectivity index (χ4v) is 2.59. The molecule has 1 aliphatic rings. The number of fused-ring (bicyclic) bond motifs is 1. The molecule has 0 saturated carbocycles.